The standard InChI is InChI=1S/C10H10N2O4S3/c1-6-2-3-17-7(6)4-12-19(15,16)10-8(9(13)14)11-5-18-10/h2-3,5,12H,4H2,1H3,(H,13,14). The molecule has 0 atom stereocenters. The van der Waals surface area contributed by atoms with E-state index in [0.29, 0.717) is 0 Å². The molecule has 0 saturated heterocycles. The summed E-state index contributed by atoms with van der Waals surface area (Å²) in [7, 11) is -3.85. The number of carbonyl (C=O) groups is 1. The van der Waals surface area contributed by atoms with Crippen LogP contribution in [0.15, 0.2) is 21.2 Å². The highest BCUT2D eigenvalue weighted by atomic mass is 32.2. The Morgan fingerprint density at radius 2 is 2.21 bits per heavy atom. The fraction of sp³-hybridized carbons (Fsp3) is 0.200. The number of hydrogen-bond acceptors (Lipinski definition) is 6. The van der Waals surface area contributed by atoms with E-state index in [-0.39, 0.29) is 10.8 Å². The number of aromatic carboxylic acids is 1. The molecule has 0 aromatic carbocycles. The first-order valence-corrected chi connectivity index (χ1v) is 8.35. The SMILES string of the molecule is Cc1ccsc1CNS(=O)(=O)c1scnc1C(=O)O. The molecular weight excluding hydrogens is 308 g/mol. The van der Waals surface area contributed by atoms with E-state index >= 15 is 0 Å². The summed E-state index contributed by atoms with van der Waals surface area (Å²) in [5, 5.41) is 10.7. The molecule has 19 heavy (non-hydrogen) atoms. The molecule has 0 saturated carbocycles. The minimum Gasteiger partial charge on any atom is -0.476 e. The van der Waals surface area contributed by atoms with Crippen LogP contribution in [0.2, 0.25) is 0 Å². The zero-order valence-electron chi connectivity index (χ0n) is 9.78. The van der Waals surface area contributed by atoms with E-state index in [1.54, 1.807) is 0 Å². The monoisotopic (exact) mass is 318 g/mol. The molecule has 0 amide bonds. The topological polar surface area (TPSA) is 96.4 Å². The molecule has 2 aromatic heterocycles. The van der Waals surface area contributed by atoms with Gasteiger partial charge >= 0.3 is 5.97 Å². The molecule has 9 heteroatoms. The van der Waals surface area contributed by atoms with E-state index in [2.05, 4.69) is 9.71 Å². The van der Waals surface area contributed by atoms with Crippen molar-refractivity contribution in [2.75, 3.05) is 0 Å². The lowest BCUT2D eigenvalue weighted by Gasteiger charge is -2.04. The molecule has 0 unspecified atom stereocenters. The highest BCUT2D eigenvalue weighted by molar-refractivity contribution is 7.91. The Labute approximate surface area is 117 Å². The molecule has 102 valence electrons. The fourth-order valence-electron chi connectivity index (χ4n) is 1.38. The molecule has 0 bridgehead atoms. The van der Waals surface area contributed by atoms with Crippen LogP contribution in [0.1, 0.15) is 20.9 Å². The van der Waals surface area contributed by atoms with Crippen LogP contribution in [-0.4, -0.2) is 24.5 Å². The lowest BCUT2D eigenvalue weighted by atomic mass is 10.3. The molecule has 2 N–H and O–H groups in total. The van der Waals surface area contributed by atoms with Gasteiger partial charge in [0.05, 0.1) is 5.51 Å². The Morgan fingerprint density at radius 1 is 1.47 bits per heavy atom. The summed E-state index contributed by atoms with van der Waals surface area (Å²) in [6.07, 6.45) is 0. The maximum absolute atomic E-state index is 12.0. The summed E-state index contributed by atoms with van der Waals surface area (Å²) in [5.41, 5.74) is 1.75. The summed E-state index contributed by atoms with van der Waals surface area (Å²) >= 11 is 2.23. The van der Waals surface area contributed by atoms with Crippen molar-refractivity contribution in [1.82, 2.24) is 9.71 Å². The van der Waals surface area contributed by atoms with Gasteiger partial charge in [-0.1, -0.05) is 0 Å². The van der Waals surface area contributed by atoms with Gasteiger partial charge in [0.1, 0.15) is 0 Å². The number of rotatable bonds is 5. The highest BCUT2D eigenvalue weighted by Crippen LogP contribution is 2.21. The van der Waals surface area contributed by atoms with Gasteiger partial charge in [-0.05, 0) is 23.9 Å². The van der Waals surface area contributed by atoms with Crippen molar-refractivity contribution in [2.45, 2.75) is 17.7 Å². The largest absolute Gasteiger partial charge is 0.476 e. The second kappa shape index (κ2) is 5.37. The third-order valence-electron chi connectivity index (χ3n) is 2.37. The van der Waals surface area contributed by atoms with Crippen LogP contribution in [0.25, 0.3) is 0 Å². The maximum atomic E-state index is 12.0. The number of thiazole rings is 1. The van der Waals surface area contributed by atoms with E-state index in [1.165, 1.54) is 16.8 Å². The lowest BCUT2D eigenvalue weighted by Crippen LogP contribution is -2.24. The van der Waals surface area contributed by atoms with Crippen LogP contribution in [0, 0.1) is 6.92 Å². The maximum Gasteiger partial charge on any atom is 0.356 e. The van der Waals surface area contributed by atoms with Gasteiger partial charge in [0.15, 0.2) is 9.90 Å². The van der Waals surface area contributed by atoms with Crippen molar-refractivity contribution in [3.8, 4) is 0 Å². The first-order chi connectivity index (χ1) is 8.92. The van der Waals surface area contributed by atoms with E-state index in [9.17, 15) is 13.2 Å². The minimum absolute atomic E-state index is 0.142. The molecule has 0 aliphatic heterocycles. The lowest BCUT2D eigenvalue weighted by molar-refractivity contribution is 0.0687. The highest BCUT2D eigenvalue weighted by Gasteiger charge is 2.25. The normalized spacial score (nSPS) is 11.6. The van der Waals surface area contributed by atoms with Crippen molar-refractivity contribution in [2.24, 2.45) is 0 Å². The average Bonchev–Trinajstić information content (AvgIpc) is 2.95. The van der Waals surface area contributed by atoms with Crippen molar-refractivity contribution in [1.29, 1.82) is 0 Å². The van der Waals surface area contributed by atoms with Crippen LogP contribution in [0.4, 0.5) is 0 Å². The van der Waals surface area contributed by atoms with Crippen molar-refractivity contribution < 1.29 is 18.3 Å². The van der Waals surface area contributed by atoms with Gasteiger partial charge in [0, 0.05) is 11.4 Å². The third-order valence-corrected chi connectivity index (χ3v) is 6.17. The number of aromatic nitrogens is 1. The molecule has 2 rings (SSSR count). The van der Waals surface area contributed by atoms with Crippen molar-refractivity contribution >= 4 is 38.7 Å². The van der Waals surface area contributed by atoms with E-state index in [1.807, 2.05) is 18.4 Å². The number of hydrogen-bond donors (Lipinski definition) is 2. The zero-order valence-corrected chi connectivity index (χ0v) is 12.2. The summed E-state index contributed by atoms with van der Waals surface area (Å²) in [5.74, 6) is -1.35. The molecule has 0 aliphatic carbocycles. The smallest absolute Gasteiger partial charge is 0.356 e. The van der Waals surface area contributed by atoms with Crippen LogP contribution in [0.3, 0.4) is 0 Å². The number of nitrogens with one attached hydrogen (secondary N) is 1. The number of thiophene rings is 1. The van der Waals surface area contributed by atoms with Gasteiger partial charge in [-0.3, -0.25) is 0 Å². The van der Waals surface area contributed by atoms with Crippen molar-refractivity contribution in [3.63, 3.8) is 0 Å². The first kappa shape index (κ1) is 14.1. The molecular formula is C10H10N2O4S3. The van der Waals surface area contributed by atoms with Crippen LogP contribution in [0.5, 0.6) is 0 Å². The molecule has 2 aromatic rings. The minimum atomic E-state index is -3.85. The molecule has 0 fully saturated rings. The van der Waals surface area contributed by atoms with Crippen LogP contribution in [-0.2, 0) is 16.6 Å². The van der Waals surface area contributed by atoms with Crippen molar-refractivity contribution in [3.05, 3.63) is 33.1 Å². The summed E-state index contributed by atoms with van der Waals surface area (Å²) in [4.78, 5) is 15.3. The van der Waals surface area contributed by atoms with Gasteiger partial charge < -0.3 is 5.11 Å². The van der Waals surface area contributed by atoms with Crippen LogP contribution >= 0.6 is 22.7 Å². The molecule has 0 spiro atoms. The van der Waals surface area contributed by atoms with Crippen LogP contribution < -0.4 is 4.72 Å². The van der Waals surface area contributed by atoms with Gasteiger partial charge in [0.25, 0.3) is 10.0 Å². The second-order valence-electron chi connectivity index (χ2n) is 3.64. The zero-order chi connectivity index (χ0) is 14.0. The van der Waals surface area contributed by atoms with Gasteiger partial charge in [0.2, 0.25) is 0 Å². The summed E-state index contributed by atoms with van der Waals surface area (Å²) in [6, 6.07) is 1.89. The Balaban J connectivity index is 2.21. The molecule has 0 aliphatic rings. The summed E-state index contributed by atoms with van der Waals surface area (Å²) in [6.45, 7) is 2.03. The number of carboxylic acids is 1. The average molecular weight is 318 g/mol. The van der Waals surface area contributed by atoms with E-state index in [4.69, 9.17) is 5.11 Å². The van der Waals surface area contributed by atoms with Gasteiger partial charge in [-0.15, -0.1) is 22.7 Å². The Kier molecular flexibility index (Phi) is 3.99. The quantitative estimate of drug-likeness (QED) is 0.874. The second-order valence-corrected chi connectivity index (χ2v) is 7.46. The fourth-order valence-corrected chi connectivity index (χ4v) is 4.50. The Hall–Kier alpha value is -1.29. The van der Waals surface area contributed by atoms with Gasteiger partial charge in [-0.25, -0.2) is 22.9 Å². The van der Waals surface area contributed by atoms with E-state index in [0.717, 1.165) is 21.8 Å². The van der Waals surface area contributed by atoms with Gasteiger partial charge in [-0.2, -0.15) is 0 Å². The number of nitrogens with zero attached hydrogens (tertiary/aromatic N) is 1. The molecule has 0 radical (unpaired) electrons. The molecule has 2 heterocycles. The third kappa shape index (κ3) is 3.00. The number of sulfonamides is 1. The predicted molar refractivity (Wildman–Crippen MR) is 72.2 cm³/mol. The molecule has 6 nitrogen and oxygen atoms in total. The predicted octanol–water partition coefficient (Wildman–Crippen LogP) is 1.69. The Bertz CT molecular complexity index is 702. The summed E-state index contributed by atoms with van der Waals surface area (Å²) < 4.78 is 26.2. The number of aryl methyl sites for hydroxylation is 1. The van der Waals surface area contributed by atoms with E-state index < -0.39 is 21.7 Å². The number of carboxylic acid groups (broad SMARTS) is 1. The first-order valence-electron chi connectivity index (χ1n) is 5.11. The Morgan fingerprint density at radius 3 is 2.79 bits per heavy atom.